The Bertz CT molecular complexity index is 635. The van der Waals surface area contributed by atoms with Crippen molar-refractivity contribution in [2.45, 2.75) is 51.7 Å². The molecule has 0 aliphatic carbocycles. The number of likely N-dealkylation sites (tertiary alicyclic amines) is 1. The van der Waals surface area contributed by atoms with Gasteiger partial charge in [-0.1, -0.05) is 18.2 Å². The number of para-hydroxylation sites is 1. The monoisotopic (exact) mass is 360 g/mol. The van der Waals surface area contributed by atoms with E-state index in [9.17, 15) is 9.59 Å². The van der Waals surface area contributed by atoms with E-state index in [1.807, 2.05) is 49.9 Å². The van der Waals surface area contributed by atoms with Crippen molar-refractivity contribution in [3.8, 4) is 5.75 Å². The van der Waals surface area contributed by atoms with E-state index in [1.54, 1.807) is 0 Å². The smallest absolute Gasteiger partial charge is 0.407 e. The Balaban J connectivity index is 1.41. The summed E-state index contributed by atoms with van der Waals surface area (Å²) in [6.45, 7) is 7.54. The first-order chi connectivity index (χ1) is 12.3. The average Bonchev–Trinajstić information content (AvgIpc) is 3.02. The van der Waals surface area contributed by atoms with Crippen LogP contribution in [0.15, 0.2) is 24.3 Å². The minimum Gasteiger partial charge on any atom is -0.480 e. The highest BCUT2D eigenvalue weighted by atomic mass is 16.6. The number of rotatable bonds is 3. The van der Waals surface area contributed by atoms with Crippen molar-refractivity contribution in [1.29, 1.82) is 0 Å². The number of alkyl carbamates (subject to hydrolysis) is 1. The first-order valence-corrected chi connectivity index (χ1v) is 9.32. The van der Waals surface area contributed by atoms with Gasteiger partial charge in [-0.2, -0.15) is 0 Å². The van der Waals surface area contributed by atoms with E-state index in [1.165, 1.54) is 0 Å². The molecule has 3 rings (SSSR count). The summed E-state index contributed by atoms with van der Waals surface area (Å²) in [4.78, 5) is 26.3. The summed E-state index contributed by atoms with van der Waals surface area (Å²) in [6, 6.07) is 7.82. The van der Waals surface area contributed by atoms with Gasteiger partial charge in [0.05, 0.1) is 0 Å². The quantitative estimate of drug-likeness (QED) is 0.900. The topological polar surface area (TPSA) is 67.9 Å². The number of amides is 2. The number of hydrogen-bond acceptors (Lipinski definition) is 4. The van der Waals surface area contributed by atoms with E-state index >= 15 is 0 Å². The van der Waals surface area contributed by atoms with Crippen molar-refractivity contribution >= 4 is 12.0 Å². The molecule has 0 spiro atoms. The zero-order valence-corrected chi connectivity index (χ0v) is 15.8. The van der Waals surface area contributed by atoms with Gasteiger partial charge in [0, 0.05) is 26.1 Å². The molecule has 1 atom stereocenters. The lowest BCUT2D eigenvalue weighted by Crippen LogP contribution is -2.47. The Kier molecular flexibility index (Phi) is 5.39. The largest absolute Gasteiger partial charge is 0.480 e. The molecule has 2 amide bonds. The maximum Gasteiger partial charge on any atom is 0.407 e. The number of carbonyl (C=O) groups excluding carboxylic acids is 2. The molecule has 26 heavy (non-hydrogen) atoms. The highest BCUT2D eigenvalue weighted by molar-refractivity contribution is 5.82. The normalized spacial score (nSPS) is 20.3. The fourth-order valence-electron chi connectivity index (χ4n) is 3.42. The maximum atomic E-state index is 12.7. The molecule has 1 fully saturated rings. The van der Waals surface area contributed by atoms with E-state index in [2.05, 4.69) is 5.32 Å². The number of fused-ring (bicyclic) bond motifs is 1. The predicted octanol–water partition coefficient (Wildman–Crippen LogP) is 2.75. The van der Waals surface area contributed by atoms with Crippen molar-refractivity contribution in [2.75, 3.05) is 19.6 Å². The number of carbonyl (C=O) groups is 2. The third-order valence-corrected chi connectivity index (χ3v) is 4.78. The SMILES string of the molecule is CC(C)(C)OC(=O)NCC1CCN(C(=O)[C@H]2Cc3ccccc3O2)CC1. The van der Waals surface area contributed by atoms with Crippen LogP contribution in [-0.2, 0) is 16.0 Å². The van der Waals surface area contributed by atoms with Crippen LogP contribution in [0.25, 0.3) is 0 Å². The van der Waals surface area contributed by atoms with Crippen LogP contribution in [0.5, 0.6) is 5.75 Å². The summed E-state index contributed by atoms with van der Waals surface area (Å²) in [5.74, 6) is 1.26. The Morgan fingerprint density at radius 2 is 1.92 bits per heavy atom. The fraction of sp³-hybridized carbons (Fsp3) is 0.600. The minimum atomic E-state index is -0.487. The molecule has 1 aromatic rings. The van der Waals surface area contributed by atoms with Crippen LogP contribution in [0.1, 0.15) is 39.2 Å². The first-order valence-electron chi connectivity index (χ1n) is 9.32. The molecule has 0 bridgehead atoms. The summed E-state index contributed by atoms with van der Waals surface area (Å²) >= 11 is 0. The first kappa shape index (κ1) is 18.5. The zero-order chi connectivity index (χ0) is 18.7. The Morgan fingerprint density at radius 1 is 1.23 bits per heavy atom. The van der Waals surface area contributed by atoms with Gasteiger partial charge >= 0.3 is 6.09 Å². The summed E-state index contributed by atoms with van der Waals surface area (Å²) in [7, 11) is 0. The standard InChI is InChI=1S/C20H28N2O4/c1-20(2,3)26-19(24)21-13-14-8-10-22(11-9-14)18(23)17-12-15-6-4-5-7-16(15)25-17/h4-7,14,17H,8-13H2,1-3H3,(H,21,24)/t17-/m1/s1. The summed E-state index contributed by atoms with van der Waals surface area (Å²) in [5, 5.41) is 2.83. The lowest BCUT2D eigenvalue weighted by atomic mass is 9.96. The van der Waals surface area contributed by atoms with Gasteiger partial charge in [0.1, 0.15) is 11.4 Å². The van der Waals surface area contributed by atoms with Crippen molar-refractivity contribution in [3.63, 3.8) is 0 Å². The number of piperidine rings is 1. The molecule has 6 nitrogen and oxygen atoms in total. The minimum absolute atomic E-state index is 0.0692. The Labute approximate surface area is 154 Å². The molecule has 1 saturated heterocycles. The molecule has 2 heterocycles. The number of nitrogens with zero attached hydrogens (tertiary/aromatic N) is 1. The summed E-state index contributed by atoms with van der Waals surface area (Å²) < 4.78 is 11.1. The predicted molar refractivity (Wildman–Crippen MR) is 98.1 cm³/mol. The van der Waals surface area contributed by atoms with Crippen LogP contribution in [0, 0.1) is 5.92 Å². The van der Waals surface area contributed by atoms with Crippen LogP contribution in [0.4, 0.5) is 4.79 Å². The van der Waals surface area contributed by atoms with Crippen LogP contribution in [0.3, 0.4) is 0 Å². The van der Waals surface area contributed by atoms with E-state index in [0.29, 0.717) is 32.0 Å². The van der Waals surface area contributed by atoms with Crippen LogP contribution in [-0.4, -0.2) is 48.2 Å². The summed E-state index contributed by atoms with van der Waals surface area (Å²) in [5.41, 5.74) is 0.612. The molecule has 2 aliphatic rings. The molecular formula is C20H28N2O4. The molecule has 0 unspecified atom stereocenters. The molecule has 1 aromatic carbocycles. The number of benzene rings is 1. The lowest BCUT2D eigenvalue weighted by molar-refractivity contribution is -0.139. The molecule has 0 aromatic heterocycles. The van der Waals surface area contributed by atoms with Gasteiger partial charge in [-0.3, -0.25) is 4.79 Å². The third kappa shape index (κ3) is 4.68. The third-order valence-electron chi connectivity index (χ3n) is 4.78. The van der Waals surface area contributed by atoms with E-state index in [-0.39, 0.29) is 12.0 Å². The highest BCUT2D eigenvalue weighted by Crippen LogP contribution is 2.29. The Hall–Kier alpha value is -2.24. The van der Waals surface area contributed by atoms with Gasteiger partial charge in [0.25, 0.3) is 5.91 Å². The Morgan fingerprint density at radius 3 is 2.58 bits per heavy atom. The molecule has 6 heteroatoms. The van der Waals surface area contributed by atoms with E-state index in [4.69, 9.17) is 9.47 Å². The van der Waals surface area contributed by atoms with Crippen molar-refractivity contribution in [3.05, 3.63) is 29.8 Å². The maximum absolute atomic E-state index is 12.7. The average molecular weight is 360 g/mol. The van der Waals surface area contributed by atoms with Gasteiger partial charge in [0.15, 0.2) is 6.10 Å². The van der Waals surface area contributed by atoms with Crippen molar-refractivity contribution in [1.82, 2.24) is 10.2 Å². The molecular weight excluding hydrogens is 332 g/mol. The summed E-state index contributed by atoms with van der Waals surface area (Å²) in [6.07, 6.45) is 1.62. The van der Waals surface area contributed by atoms with Crippen LogP contribution in [0.2, 0.25) is 0 Å². The van der Waals surface area contributed by atoms with Gasteiger partial charge in [-0.05, 0) is 51.2 Å². The zero-order valence-electron chi connectivity index (χ0n) is 15.8. The van der Waals surface area contributed by atoms with Crippen LogP contribution < -0.4 is 10.1 Å². The van der Waals surface area contributed by atoms with Gasteiger partial charge in [0.2, 0.25) is 0 Å². The van der Waals surface area contributed by atoms with Gasteiger partial charge in [-0.25, -0.2) is 4.79 Å². The van der Waals surface area contributed by atoms with E-state index in [0.717, 1.165) is 24.2 Å². The number of nitrogens with one attached hydrogen (secondary N) is 1. The molecule has 1 N–H and O–H groups in total. The molecule has 142 valence electrons. The van der Waals surface area contributed by atoms with Gasteiger partial charge < -0.3 is 19.7 Å². The molecule has 2 aliphatic heterocycles. The lowest BCUT2D eigenvalue weighted by Gasteiger charge is -2.33. The second-order valence-corrected chi connectivity index (χ2v) is 8.07. The second kappa shape index (κ2) is 7.56. The number of hydrogen-bond donors (Lipinski definition) is 1. The highest BCUT2D eigenvalue weighted by Gasteiger charge is 2.34. The number of ether oxygens (including phenoxy) is 2. The molecule has 0 radical (unpaired) electrons. The fourth-order valence-corrected chi connectivity index (χ4v) is 3.42. The van der Waals surface area contributed by atoms with Crippen molar-refractivity contribution < 1.29 is 19.1 Å². The van der Waals surface area contributed by atoms with Crippen molar-refractivity contribution in [2.24, 2.45) is 5.92 Å². The van der Waals surface area contributed by atoms with Crippen LogP contribution >= 0.6 is 0 Å². The van der Waals surface area contributed by atoms with E-state index < -0.39 is 11.7 Å². The van der Waals surface area contributed by atoms with Gasteiger partial charge in [-0.15, -0.1) is 0 Å². The second-order valence-electron chi connectivity index (χ2n) is 8.07. The molecule has 0 saturated carbocycles.